The first-order valence-electron chi connectivity index (χ1n) is 10.4. The monoisotopic (exact) mass is 482 g/mol. The summed E-state index contributed by atoms with van der Waals surface area (Å²) in [6.07, 6.45) is 1.81. The molecular weight excluding hydrogens is 460 g/mol. The van der Waals surface area contributed by atoms with E-state index in [9.17, 15) is 9.59 Å². The lowest BCUT2D eigenvalue weighted by Crippen LogP contribution is -2.39. The lowest BCUT2D eigenvalue weighted by Gasteiger charge is -2.24. The molecule has 1 aliphatic heterocycles. The minimum absolute atomic E-state index is 0.225. The van der Waals surface area contributed by atoms with Crippen LogP contribution < -0.4 is 19.6 Å². The Balaban J connectivity index is 1.94. The number of halogens is 1. The Morgan fingerprint density at radius 1 is 1.21 bits per heavy atom. The molecule has 0 saturated heterocycles. The van der Waals surface area contributed by atoms with Gasteiger partial charge in [-0.1, -0.05) is 47.2 Å². The number of allylic oxidation sites excluding steroid dienone is 1. The summed E-state index contributed by atoms with van der Waals surface area (Å²) in [6, 6.07) is 12.2. The molecule has 1 atom stereocenters. The third-order valence-corrected chi connectivity index (χ3v) is 6.67. The maximum atomic E-state index is 13.6. The molecule has 0 radical (unpaired) electrons. The molecule has 0 saturated carbocycles. The zero-order valence-electron chi connectivity index (χ0n) is 18.7. The molecule has 0 spiro atoms. The van der Waals surface area contributed by atoms with E-state index in [1.807, 2.05) is 43.3 Å². The average molecular weight is 483 g/mol. The number of rotatable bonds is 5. The van der Waals surface area contributed by atoms with Crippen LogP contribution in [-0.2, 0) is 9.53 Å². The third kappa shape index (κ3) is 4.38. The van der Waals surface area contributed by atoms with Crippen molar-refractivity contribution in [2.24, 2.45) is 4.99 Å². The number of methoxy groups -OCH3 is 1. The van der Waals surface area contributed by atoms with Gasteiger partial charge in [-0.25, -0.2) is 9.79 Å². The average Bonchev–Trinajstić information content (AvgIpc) is 3.09. The van der Waals surface area contributed by atoms with Gasteiger partial charge in [0.05, 0.1) is 35.6 Å². The van der Waals surface area contributed by atoms with Gasteiger partial charge in [0, 0.05) is 5.02 Å². The van der Waals surface area contributed by atoms with Gasteiger partial charge in [-0.05, 0) is 61.7 Å². The normalized spacial score (nSPS) is 15.8. The summed E-state index contributed by atoms with van der Waals surface area (Å²) in [6.45, 7) is 5.69. The lowest BCUT2D eigenvalue weighted by atomic mass is 9.96. The molecule has 1 aliphatic rings. The van der Waals surface area contributed by atoms with Crippen LogP contribution in [0.5, 0.6) is 5.75 Å². The van der Waals surface area contributed by atoms with Gasteiger partial charge in [-0.3, -0.25) is 9.36 Å². The van der Waals surface area contributed by atoms with Crippen molar-refractivity contribution in [2.45, 2.75) is 26.8 Å². The maximum Gasteiger partial charge on any atom is 0.338 e. The van der Waals surface area contributed by atoms with Gasteiger partial charge in [-0.15, -0.1) is 0 Å². The Labute approximate surface area is 200 Å². The van der Waals surface area contributed by atoms with Gasteiger partial charge in [0.2, 0.25) is 0 Å². The zero-order valence-corrected chi connectivity index (χ0v) is 20.3. The van der Waals surface area contributed by atoms with E-state index in [2.05, 4.69) is 4.99 Å². The molecular formula is C25H23ClN2O4S. The van der Waals surface area contributed by atoms with E-state index in [0.717, 1.165) is 22.4 Å². The summed E-state index contributed by atoms with van der Waals surface area (Å²) in [4.78, 5) is 31.6. The number of carbonyl (C=O) groups excluding carboxylic acids is 1. The molecule has 2 heterocycles. The van der Waals surface area contributed by atoms with E-state index >= 15 is 0 Å². The predicted molar refractivity (Wildman–Crippen MR) is 130 cm³/mol. The molecule has 4 rings (SSSR count). The molecule has 170 valence electrons. The Morgan fingerprint density at radius 2 is 1.94 bits per heavy atom. The second-order valence-electron chi connectivity index (χ2n) is 7.58. The van der Waals surface area contributed by atoms with Gasteiger partial charge in [-0.2, -0.15) is 0 Å². The number of nitrogens with zero attached hydrogens (tertiary/aromatic N) is 2. The number of thiazole rings is 1. The van der Waals surface area contributed by atoms with Crippen LogP contribution in [0.1, 0.15) is 36.6 Å². The topological polar surface area (TPSA) is 69.9 Å². The fraction of sp³-hybridized carbons (Fsp3) is 0.240. The summed E-state index contributed by atoms with van der Waals surface area (Å²) in [5.41, 5.74) is 3.24. The highest BCUT2D eigenvalue weighted by molar-refractivity contribution is 7.07. The standard InChI is InChI=1S/C25H23ClN2O4S/c1-5-32-24(30)21-15(3)27-25-28(22(21)17-8-10-18(26)11-9-17)23(29)20(33-25)13-16-7-6-14(2)19(12-16)31-4/h6-13,22H,5H2,1-4H3/b20-13-. The first-order valence-corrected chi connectivity index (χ1v) is 11.6. The van der Waals surface area contributed by atoms with E-state index in [0.29, 0.717) is 25.6 Å². The molecule has 0 bridgehead atoms. The Morgan fingerprint density at radius 3 is 2.61 bits per heavy atom. The quantitative estimate of drug-likeness (QED) is 0.519. The van der Waals surface area contributed by atoms with E-state index in [1.54, 1.807) is 37.7 Å². The summed E-state index contributed by atoms with van der Waals surface area (Å²) < 4.78 is 12.8. The smallest absolute Gasteiger partial charge is 0.338 e. The molecule has 0 fully saturated rings. The highest BCUT2D eigenvalue weighted by Gasteiger charge is 2.33. The third-order valence-electron chi connectivity index (χ3n) is 5.43. The van der Waals surface area contributed by atoms with Crippen LogP contribution in [0.25, 0.3) is 6.08 Å². The highest BCUT2D eigenvalue weighted by Crippen LogP contribution is 2.31. The second-order valence-corrected chi connectivity index (χ2v) is 9.03. The van der Waals surface area contributed by atoms with Gasteiger partial charge in [0.1, 0.15) is 5.75 Å². The van der Waals surface area contributed by atoms with E-state index in [1.165, 1.54) is 11.3 Å². The molecule has 1 aromatic heterocycles. The van der Waals surface area contributed by atoms with Gasteiger partial charge >= 0.3 is 5.97 Å². The van der Waals surface area contributed by atoms with Crippen LogP contribution in [0, 0.1) is 6.92 Å². The zero-order chi connectivity index (χ0) is 23.7. The van der Waals surface area contributed by atoms with Crippen molar-refractivity contribution in [1.82, 2.24) is 4.57 Å². The van der Waals surface area contributed by atoms with Gasteiger partial charge < -0.3 is 9.47 Å². The van der Waals surface area contributed by atoms with Crippen LogP contribution in [0.2, 0.25) is 5.02 Å². The fourth-order valence-corrected chi connectivity index (χ4v) is 5.00. The van der Waals surface area contributed by atoms with Crippen LogP contribution in [0.4, 0.5) is 0 Å². The number of aryl methyl sites for hydroxylation is 1. The first kappa shape index (κ1) is 23.0. The summed E-state index contributed by atoms with van der Waals surface area (Å²) in [5.74, 6) is 0.257. The number of hydrogen-bond acceptors (Lipinski definition) is 6. The van der Waals surface area contributed by atoms with Crippen LogP contribution in [0.3, 0.4) is 0 Å². The van der Waals surface area contributed by atoms with Crippen LogP contribution >= 0.6 is 22.9 Å². The summed E-state index contributed by atoms with van der Waals surface area (Å²) in [7, 11) is 1.62. The Hall–Kier alpha value is -3.16. The molecule has 3 aromatic rings. The highest BCUT2D eigenvalue weighted by atomic mass is 35.5. The molecule has 1 unspecified atom stereocenters. The van der Waals surface area contributed by atoms with Crippen molar-refractivity contribution >= 4 is 35.0 Å². The number of ether oxygens (including phenoxy) is 2. The Kier molecular flexibility index (Phi) is 6.54. The van der Waals surface area contributed by atoms with Crippen LogP contribution in [-0.4, -0.2) is 24.3 Å². The Bertz CT molecular complexity index is 1430. The van der Waals surface area contributed by atoms with Gasteiger partial charge in [0.25, 0.3) is 5.56 Å². The number of benzene rings is 2. The maximum absolute atomic E-state index is 13.6. The number of esters is 1. The van der Waals surface area contributed by atoms with Crippen molar-refractivity contribution in [3.63, 3.8) is 0 Å². The number of carbonyl (C=O) groups is 1. The minimum Gasteiger partial charge on any atom is -0.496 e. The van der Waals surface area contributed by atoms with Crippen LogP contribution in [0.15, 0.2) is 63.5 Å². The largest absolute Gasteiger partial charge is 0.496 e. The van der Waals surface area contributed by atoms with Crippen molar-refractivity contribution in [1.29, 1.82) is 0 Å². The van der Waals surface area contributed by atoms with Crippen molar-refractivity contribution < 1.29 is 14.3 Å². The second kappa shape index (κ2) is 9.37. The first-order chi connectivity index (χ1) is 15.8. The van der Waals surface area contributed by atoms with E-state index < -0.39 is 12.0 Å². The summed E-state index contributed by atoms with van der Waals surface area (Å²) >= 11 is 7.37. The molecule has 0 aliphatic carbocycles. The molecule has 0 N–H and O–H groups in total. The molecule has 0 amide bonds. The molecule has 33 heavy (non-hydrogen) atoms. The van der Waals surface area contributed by atoms with Crippen molar-refractivity contribution in [3.8, 4) is 5.75 Å². The van der Waals surface area contributed by atoms with Gasteiger partial charge in [0.15, 0.2) is 4.80 Å². The SMILES string of the molecule is CCOC(=O)C1=C(C)N=c2s/c(=C\c3ccc(C)c(OC)c3)c(=O)n2C1c1ccc(Cl)cc1. The lowest BCUT2D eigenvalue weighted by molar-refractivity contribution is -0.139. The number of fused-ring (bicyclic) bond motifs is 1. The molecule has 8 heteroatoms. The fourth-order valence-electron chi connectivity index (χ4n) is 3.83. The number of hydrogen-bond donors (Lipinski definition) is 0. The molecule has 6 nitrogen and oxygen atoms in total. The summed E-state index contributed by atoms with van der Waals surface area (Å²) in [5, 5.41) is 0.567. The number of aromatic nitrogens is 1. The van der Waals surface area contributed by atoms with Crippen molar-refractivity contribution in [2.75, 3.05) is 13.7 Å². The predicted octanol–water partition coefficient (Wildman–Crippen LogP) is 3.77. The van der Waals surface area contributed by atoms with E-state index in [-0.39, 0.29) is 12.2 Å². The van der Waals surface area contributed by atoms with Crippen molar-refractivity contribution in [3.05, 3.63) is 95.1 Å². The minimum atomic E-state index is -0.660. The molecule has 2 aromatic carbocycles. The van der Waals surface area contributed by atoms with E-state index in [4.69, 9.17) is 21.1 Å².